The molecule has 8 heteroatoms. The highest BCUT2D eigenvalue weighted by Gasteiger charge is 2.32. The number of thiophene rings is 1. The molecule has 1 aromatic carbocycles. The fourth-order valence-corrected chi connectivity index (χ4v) is 5.21. The third-order valence-corrected chi connectivity index (χ3v) is 6.94. The number of nitrogens with one attached hydrogen (secondary N) is 1. The van der Waals surface area contributed by atoms with Gasteiger partial charge in [-0.05, 0) is 49.2 Å². The van der Waals surface area contributed by atoms with E-state index in [0.29, 0.717) is 19.0 Å². The molecule has 0 spiro atoms. The summed E-state index contributed by atoms with van der Waals surface area (Å²) in [5.41, 5.74) is 3.37. The summed E-state index contributed by atoms with van der Waals surface area (Å²) in [6.45, 7) is 7.40. The highest BCUT2D eigenvalue weighted by Crippen LogP contribution is 2.44. The Hall–Kier alpha value is -2.81. The summed E-state index contributed by atoms with van der Waals surface area (Å²) in [5.74, 6) is 1.55. The second kappa shape index (κ2) is 8.37. The van der Waals surface area contributed by atoms with Crippen LogP contribution in [0.1, 0.15) is 38.2 Å². The van der Waals surface area contributed by atoms with Gasteiger partial charge in [-0.15, -0.1) is 11.3 Å². The summed E-state index contributed by atoms with van der Waals surface area (Å²) in [4.78, 5) is 16.3. The lowest BCUT2D eigenvalue weighted by atomic mass is 9.94. The average Bonchev–Trinajstić information content (AvgIpc) is 3.52. The van der Waals surface area contributed by atoms with Gasteiger partial charge in [0.2, 0.25) is 6.79 Å². The first-order chi connectivity index (χ1) is 15.1. The van der Waals surface area contributed by atoms with Gasteiger partial charge in [0.1, 0.15) is 5.00 Å². The summed E-state index contributed by atoms with van der Waals surface area (Å²) in [7, 11) is 0. The number of hydrogen-bond acceptors (Lipinski definition) is 7. The Morgan fingerprint density at radius 3 is 2.71 bits per heavy atom. The van der Waals surface area contributed by atoms with Crippen molar-refractivity contribution in [2.75, 3.05) is 38.4 Å². The number of aryl methyl sites for hydroxylation is 1. The lowest BCUT2D eigenvalue weighted by Crippen LogP contribution is -2.39. The van der Waals surface area contributed by atoms with E-state index >= 15 is 0 Å². The molecule has 162 valence electrons. The van der Waals surface area contributed by atoms with Gasteiger partial charge in [-0.3, -0.25) is 9.69 Å². The zero-order chi connectivity index (χ0) is 21.4. The summed E-state index contributed by atoms with van der Waals surface area (Å²) in [6.07, 6.45) is 1.50. The van der Waals surface area contributed by atoms with Gasteiger partial charge in [-0.25, -0.2) is 0 Å². The van der Waals surface area contributed by atoms with Crippen molar-refractivity contribution in [2.24, 2.45) is 0 Å². The van der Waals surface area contributed by atoms with Crippen LogP contribution < -0.4 is 14.8 Å². The van der Waals surface area contributed by atoms with E-state index in [1.54, 1.807) is 23.5 Å². The zero-order valence-corrected chi connectivity index (χ0v) is 18.3. The van der Waals surface area contributed by atoms with Crippen molar-refractivity contribution in [1.29, 1.82) is 0 Å². The molecule has 1 N–H and O–H groups in total. The van der Waals surface area contributed by atoms with E-state index in [0.717, 1.165) is 40.7 Å². The monoisotopic (exact) mass is 440 g/mol. The van der Waals surface area contributed by atoms with Crippen LogP contribution in [0.5, 0.6) is 11.5 Å². The number of benzene rings is 1. The van der Waals surface area contributed by atoms with Gasteiger partial charge in [0, 0.05) is 23.5 Å². The minimum Gasteiger partial charge on any atom is -0.459 e. The van der Waals surface area contributed by atoms with Crippen molar-refractivity contribution in [2.45, 2.75) is 19.9 Å². The standard InChI is InChI=1S/C23H24N2O5S/c1-14-15(2)31-23(24-22(26)18-4-3-9-28-18)20(14)21(25-7-10-27-11-8-25)16-5-6-17-19(12-16)30-13-29-17/h3-6,9,12,21H,7-8,10-11,13H2,1-2H3,(H,24,26)/t21-/m1/s1. The van der Waals surface area contributed by atoms with Gasteiger partial charge in [0.05, 0.1) is 25.5 Å². The van der Waals surface area contributed by atoms with Crippen molar-refractivity contribution < 1.29 is 23.4 Å². The number of amides is 1. The number of ether oxygens (including phenoxy) is 3. The molecule has 5 rings (SSSR count). The number of carbonyl (C=O) groups excluding carboxylic acids is 1. The Bertz CT molecular complexity index is 1090. The van der Waals surface area contributed by atoms with Gasteiger partial charge in [-0.2, -0.15) is 0 Å². The van der Waals surface area contributed by atoms with Crippen LogP contribution in [-0.2, 0) is 4.74 Å². The zero-order valence-electron chi connectivity index (χ0n) is 17.5. The number of nitrogens with zero attached hydrogens (tertiary/aromatic N) is 1. The van der Waals surface area contributed by atoms with Crippen LogP contribution in [0.25, 0.3) is 0 Å². The quantitative estimate of drug-likeness (QED) is 0.636. The topological polar surface area (TPSA) is 73.2 Å². The fourth-order valence-electron chi connectivity index (χ4n) is 4.12. The summed E-state index contributed by atoms with van der Waals surface area (Å²) < 4.78 is 22.1. The van der Waals surface area contributed by atoms with Gasteiger partial charge in [0.25, 0.3) is 5.91 Å². The number of hydrogen-bond donors (Lipinski definition) is 1. The highest BCUT2D eigenvalue weighted by atomic mass is 32.1. The Labute approximate surface area is 184 Å². The third kappa shape index (κ3) is 3.82. The summed E-state index contributed by atoms with van der Waals surface area (Å²) >= 11 is 1.59. The molecule has 0 radical (unpaired) electrons. The molecule has 2 aliphatic rings. The Kier molecular flexibility index (Phi) is 5.43. The molecule has 0 unspecified atom stereocenters. The number of rotatable bonds is 5. The van der Waals surface area contributed by atoms with Crippen molar-refractivity contribution in [3.8, 4) is 11.5 Å². The van der Waals surface area contributed by atoms with Gasteiger partial charge < -0.3 is 23.9 Å². The molecular formula is C23H24N2O5S. The largest absolute Gasteiger partial charge is 0.459 e. The van der Waals surface area contributed by atoms with Crippen LogP contribution in [0.15, 0.2) is 41.0 Å². The molecule has 1 amide bonds. The Balaban J connectivity index is 1.58. The van der Waals surface area contributed by atoms with Crippen molar-refractivity contribution in [3.05, 3.63) is 63.9 Å². The number of furan rings is 1. The van der Waals surface area contributed by atoms with Crippen LogP contribution in [0.4, 0.5) is 5.00 Å². The van der Waals surface area contributed by atoms with Gasteiger partial charge >= 0.3 is 0 Å². The first-order valence-corrected chi connectivity index (χ1v) is 11.1. The SMILES string of the molecule is Cc1sc(NC(=O)c2ccco2)c([C@@H](c2ccc3c(c2)OCO3)N2CCOCC2)c1C. The predicted molar refractivity (Wildman–Crippen MR) is 117 cm³/mol. The molecule has 7 nitrogen and oxygen atoms in total. The van der Waals surface area contributed by atoms with Crippen LogP contribution >= 0.6 is 11.3 Å². The van der Waals surface area contributed by atoms with E-state index < -0.39 is 0 Å². The van der Waals surface area contributed by atoms with E-state index in [1.807, 2.05) is 12.1 Å². The number of morpholine rings is 1. The molecule has 31 heavy (non-hydrogen) atoms. The number of fused-ring (bicyclic) bond motifs is 1. The maximum Gasteiger partial charge on any atom is 0.291 e. The van der Waals surface area contributed by atoms with E-state index in [1.165, 1.54) is 16.7 Å². The van der Waals surface area contributed by atoms with E-state index in [4.69, 9.17) is 18.6 Å². The highest BCUT2D eigenvalue weighted by molar-refractivity contribution is 7.16. The lowest BCUT2D eigenvalue weighted by Gasteiger charge is -2.35. The van der Waals surface area contributed by atoms with E-state index in [-0.39, 0.29) is 18.7 Å². The summed E-state index contributed by atoms with van der Waals surface area (Å²) in [5, 5.41) is 3.93. The van der Waals surface area contributed by atoms with Crippen LogP contribution in [0.3, 0.4) is 0 Å². The van der Waals surface area contributed by atoms with Crippen molar-refractivity contribution >= 4 is 22.2 Å². The van der Waals surface area contributed by atoms with Gasteiger partial charge in [0.15, 0.2) is 17.3 Å². The van der Waals surface area contributed by atoms with Crippen LogP contribution in [0, 0.1) is 13.8 Å². The maximum atomic E-state index is 12.8. The van der Waals surface area contributed by atoms with Crippen molar-refractivity contribution in [3.63, 3.8) is 0 Å². The lowest BCUT2D eigenvalue weighted by molar-refractivity contribution is 0.0240. The number of anilines is 1. The van der Waals surface area contributed by atoms with Crippen LogP contribution in [0.2, 0.25) is 0 Å². The second-order valence-electron chi connectivity index (χ2n) is 7.62. The molecule has 2 aromatic heterocycles. The molecule has 1 atom stereocenters. The number of carbonyl (C=O) groups is 1. The molecular weight excluding hydrogens is 416 g/mol. The fraction of sp³-hybridized carbons (Fsp3) is 0.348. The third-order valence-electron chi connectivity index (χ3n) is 5.80. The Morgan fingerprint density at radius 1 is 1.13 bits per heavy atom. The van der Waals surface area contributed by atoms with E-state index in [2.05, 4.69) is 30.1 Å². The Morgan fingerprint density at radius 2 is 1.94 bits per heavy atom. The van der Waals surface area contributed by atoms with Crippen LogP contribution in [-0.4, -0.2) is 43.9 Å². The molecule has 1 fully saturated rings. The van der Waals surface area contributed by atoms with Gasteiger partial charge in [-0.1, -0.05) is 6.07 Å². The van der Waals surface area contributed by atoms with E-state index in [9.17, 15) is 4.79 Å². The minimum absolute atomic E-state index is 0.0461. The molecule has 4 heterocycles. The summed E-state index contributed by atoms with van der Waals surface area (Å²) in [6, 6.07) is 9.42. The smallest absolute Gasteiger partial charge is 0.291 e. The normalized spacial score (nSPS) is 17.0. The predicted octanol–water partition coefficient (Wildman–Crippen LogP) is 4.36. The van der Waals surface area contributed by atoms with Crippen molar-refractivity contribution in [1.82, 2.24) is 4.90 Å². The molecule has 0 saturated carbocycles. The molecule has 3 aromatic rings. The second-order valence-corrected chi connectivity index (χ2v) is 8.85. The molecule has 2 aliphatic heterocycles. The minimum atomic E-state index is -0.251. The first kappa shape index (κ1) is 20.1. The molecule has 0 bridgehead atoms. The average molecular weight is 441 g/mol. The first-order valence-electron chi connectivity index (χ1n) is 10.3. The maximum absolute atomic E-state index is 12.8. The molecule has 0 aliphatic carbocycles. The molecule has 1 saturated heterocycles.